The molecular weight excluding hydrogens is 248 g/mol. The lowest BCUT2D eigenvalue weighted by atomic mass is 10.6. The molecule has 9 heteroatoms. The Kier molecular flexibility index (Phi) is 2.64. The molecule has 0 aromatic carbocycles. The highest BCUT2D eigenvalue weighted by Crippen LogP contribution is 2.20. The molecule has 96 valence electrons. The lowest BCUT2D eigenvalue weighted by Crippen LogP contribution is -2.28. The summed E-state index contributed by atoms with van der Waals surface area (Å²) < 4.78 is 0.778. The molecule has 0 amide bonds. The number of carbonyl (C=O) groups excluding carboxylic acids is 1. The topological polar surface area (TPSA) is 126 Å². The molecule has 0 aliphatic heterocycles. The fourth-order valence-electron chi connectivity index (χ4n) is 1.16. The van der Waals surface area contributed by atoms with E-state index >= 15 is 0 Å². The van der Waals surface area contributed by atoms with E-state index in [1.165, 1.54) is 0 Å². The van der Waals surface area contributed by atoms with Crippen LogP contribution in [-0.2, 0) is 0 Å². The molecule has 2 heterocycles. The Morgan fingerprint density at radius 1 is 0.778 bits per heavy atom. The molecular formula is C9H8N2O7. The SMILES string of the molecule is O=C(On1c(O)ccc1O)On1c(O)ccc1O. The fourth-order valence-corrected chi connectivity index (χ4v) is 1.16. The fraction of sp³-hybridized carbons (Fsp3) is 0. The summed E-state index contributed by atoms with van der Waals surface area (Å²) >= 11 is 0. The van der Waals surface area contributed by atoms with Gasteiger partial charge in [-0.25, -0.2) is 0 Å². The lowest BCUT2D eigenvalue weighted by molar-refractivity contribution is 0.0203. The van der Waals surface area contributed by atoms with Crippen molar-refractivity contribution in [3.05, 3.63) is 24.3 Å². The Hall–Kier alpha value is -2.97. The predicted octanol–water partition coefficient (Wildman–Crippen LogP) is -0.211. The molecule has 0 bridgehead atoms. The third-order valence-electron chi connectivity index (χ3n) is 1.93. The minimum atomic E-state index is -1.40. The van der Waals surface area contributed by atoms with Gasteiger partial charge in [0.2, 0.25) is 23.5 Å². The van der Waals surface area contributed by atoms with Crippen LogP contribution < -0.4 is 9.68 Å². The van der Waals surface area contributed by atoms with Gasteiger partial charge in [0.05, 0.1) is 0 Å². The number of nitrogens with zero attached hydrogens (tertiary/aromatic N) is 2. The van der Waals surface area contributed by atoms with Crippen LogP contribution in [0.15, 0.2) is 24.3 Å². The number of aromatic hydroxyl groups is 4. The van der Waals surface area contributed by atoms with Crippen LogP contribution in [0.3, 0.4) is 0 Å². The average Bonchev–Trinajstić information content (AvgIpc) is 2.79. The summed E-state index contributed by atoms with van der Waals surface area (Å²) in [5.41, 5.74) is 0. The van der Waals surface area contributed by atoms with E-state index in [-0.39, 0.29) is 0 Å². The molecule has 9 nitrogen and oxygen atoms in total. The van der Waals surface area contributed by atoms with Gasteiger partial charge in [-0.15, -0.1) is 9.46 Å². The van der Waals surface area contributed by atoms with Crippen molar-refractivity contribution in [3.63, 3.8) is 0 Å². The van der Waals surface area contributed by atoms with Gasteiger partial charge < -0.3 is 20.4 Å². The van der Waals surface area contributed by atoms with Crippen LogP contribution in [0.2, 0.25) is 0 Å². The number of carbonyl (C=O) groups is 1. The molecule has 0 aliphatic carbocycles. The maximum absolute atomic E-state index is 11.3. The van der Waals surface area contributed by atoms with Crippen LogP contribution in [0.4, 0.5) is 4.79 Å². The Labute approximate surface area is 99.2 Å². The van der Waals surface area contributed by atoms with E-state index in [4.69, 9.17) is 0 Å². The van der Waals surface area contributed by atoms with Crippen molar-refractivity contribution in [3.8, 4) is 23.5 Å². The number of rotatable bonds is 2. The van der Waals surface area contributed by atoms with E-state index in [2.05, 4.69) is 9.68 Å². The summed E-state index contributed by atoms with van der Waals surface area (Å²) in [6.45, 7) is 0. The van der Waals surface area contributed by atoms with Gasteiger partial charge in [-0.05, 0) is 0 Å². The molecule has 0 saturated carbocycles. The largest absolute Gasteiger partial charge is 0.560 e. The minimum Gasteiger partial charge on any atom is -0.492 e. The van der Waals surface area contributed by atoms with Crippen LogP contribution in [0.25, 0.3) is 0 Å². The quantitative estimate of drug-likeness (QED) is 0.585. The Balaban J connectivity index is 2.10. The Morgan fingerprint density at radius 3 is 1.33 bits per heavy atom. The van der Waals surface area contributed by atoms with Crippen LogP contribution in [0.1, 0.15) is 0 Å². The predicted molar refractivity (Wildman–Crippen MR) is 54.1 cm³/mol. The van der Waals surface area contributed by atoms with Gasteiger partial charge in [0, 0.05) is 24.3 Å². The summed E-state index contributed by atoms with van der Waals surface area (Å²) in [6, 6.07) is 4.31. The van der Waals surface area contributed by atoms with Gasteiger partial charge in [-0.3, -0.25) is 9.68 Å². The van der Waals surface area contributed by atoms with E-state index in [0.717, 1.165) is 24.3 Å². The first kappa shape index (κ1) is 11.5. The molecule has 2 aromatic rings. The van der Waals surface area contributed by atoms with Crippen molar-refractivity contribution in [2.75, 3.05) is 0 Å². The highest BCUT2D eigenvalue weighted by Gasteiger charge is 2.17. The number of hydrogen-bond acceptors (Lipinski definition) is 7. The third kappa shape index (κ3) is 1.96. The lowest BCUT2D eigenvalue weighted by Gasteiger charge is -2.08. The van der Waals surface area contributed by atoms with E-state index in [9.17, 15) is 25.2 Å². The van der Waals surface area contributed by atoms with Gasteiger partial charge >= 0.3 is 6.16 Å². The normalized spacial score (nSPS) is 10.2. The van der Waals surface area contributed by atoms with Crippen molar-refractivity contribution in [1.29, 1.82) is 0 Å². The van der Waals surface area contributed by atoms with E-state index in [1.807, 2.05) is 0 Å². The summed E-state index contributed by atoms with van der Waals surface area (Å²) in [6.07, 6.45) is -1.40. The van der Waals surface area contributed by atoms with Crippen LogP contribution in [0, 0.1) is 0 Å². The summed E-state index contributed by atoms with van der Waals surface area (Å²) in [7, 11) is 0. The van der Waals surface area contributed by atoms with Gasteiger partial charge in [0.25, 0.3) is 0 Å². The van der Waals surface area contributed by atoms with E-state index < -0.39 is 29.7 Å². The molecule has 4 N–H and O–H groups in total. The highest BCUT2D eigenvalue weighted by molar-refractivity contribution is 5.61. The molecule has 0 radical (unpaired) electrons. The minimum absolute atomic E-state index is 0.389. The standard InChI is InChI=1S/C9H8N2O7/c12-5-1-2-6(13)10(5)17-9(16)18-11-7(14)3-4-8(11)15/h1-4,12-15H. The second-order valence-electron chi connectivity index (χ2n) is 3.12. The van der Waals surface area contributed by atoms with Crippen molar-refractivity contribution in [1.82, 2.24) is 9.46 Å². The first-order chi connectivity index (χ1) is 8.49. The second kappa shape index (κ2) is 4.13. The zero-order valence-electron chi connectivity index (χ0n) is 8.72. The smallest absolute Gasteiger partial charge is 0.492 e. The maximum atomic E-state index is 11.3. The summed E-state index contributed by atoms with van der Waals surface area (Å²) in [5, 5.41) is 36.7. The van der Waals surface area contributed by atoms with Gasteiger partial charge in [-0.2, -0.15) is 4.79 Å². The zero-order chi connectivity index (χ0) is 13.3. The molecule has 0 spiro atoms. The zero-order valence-corrected chi connectivity index (χ0v) is 8.72. The van der Waals surface area contributed by atoms with Gasteiger partial charge in [-0.1, -0.05) is 0 Å². The third-order valence-corrected chi connectivity index (χ3v) is 1.93. The van der Waals surface area contributed by atoms with Crippen molar-refractivity contribution in [2.45, 2.75) is 0 Å². The Bertz CT molecular complexity index is 497. The molecule has 0 unspecified atom stereocenters. The van der Waals surface area contributed by atoms with Crippen LogP contribution >= 0.6 is 0 Å². The van der Waals surface area contributed by atoms with E-state index in [1.54, 1.807) is 0 Å². The van der Waals surface area contributed by atoms with Crippen molar-refractivity contribution < 1.29 is 34.9 Å². The van der Waals surface area contributed by atoms with Crippen LogP contribution in [-0.4, -0.2) is 36.0 Å². The molecule has 2 rings (SSSR count). The Morgan fingerprint density at radius 2 is 1.06 bits per heavy atom. The molecule has 18 heavy (non-hydrogen) atoms. The molecule has 2 aromatic heterocycles. The van der Waals surface area contributed by atoms with E-state index in [0.29, 0.717) is 9.46 Å². The number of hydrogen-bond donors (Lipinski definition) is 4. The number of aromatic nitrogens is 2. The monoisotopic (exact) mass is 256 g/mol. The van der Waals surface area contributed by atoms with Crippen LogP contribution in [0.5, 0.6) is 23.5 Å². The van der Waals surface area contributed by atoms with Gasteiger partial charge in [0.1, 0.15) is 0 Å². The summed E-state index contributed by atoms with van der Waals surface area (Å²) in [4.78, 5) is 20.1. The van der Waals surface area contributed by atoms with Crippen molar-refractivity contribution in [2.24, 2.45) is 0 Å². The molecule has 0 atom stereocenters. The first-order valence-electron chi connectivity index (χ1n) is 4.59. The molecule has 0 saturated heterocycles. The van der Waals surface area contributed by atoms with Gasteiger partial charge in [0.15, 0.2) is 0 Å². The average molecular weight is 256 g/mol. The maximum Gasteiger partial charge on any atom is 0.560 e. The highest BCUT2D eigenvalue weighted by atomic mass is 16.9. The first-order valence-corrected chi connectivity index (χ1v) is 4.59. The summed E-state index contributed by atoms with van der Waals surface area (Å²) in [5.74, 6) is -2.15. The second-order valence-corrected chi connectivity index (χ2v) is 3.12. The van der Waals surface area contributed by atoms with Crippen molar-refractivity contribution >= 4 is 6.16 Å². The molecule has 0 aliphatic rings. The molecule has 0 fully saturated rings.